The molecule has 32 heavy (non-hydrogen) atoms. The van der Waals surface area contributed by atoms with Gasteiger partial charge in [0.05, 0.1) is 6.42 Å². The number of nitrogens with zero attached hydrogens (tertiary/aromatic N) is 2. The quantitative estimate of drug-likeness (QED) is 0.598. The molecule has 6 nitrogen and oxygen atoms in total. The Labute approximate surface area is 193 Å². The van der Waals surface area contributed by atoms with E-state index >= 15 is 0 Å². The molecule has 0 saturated carbocycles. The monoisotopic (exact) mass is 440 g/mol. The topological polar surface area (TPSA) is 77.5 Å². The first-order chi connectivity index (χ1) is 15.7. The number of aliphatic carboxylic acids is 1. The minimum absolute atomic E-state index is 0.205. The number of aromatic nitrogens is 1. The summed E-state index contributed by atoms with van der Waals surface area (Å²) in [6.45, 7) is 5.48. The number of fused-ring (bicyclic) bond motifs is 1. The number of pyridine rings is 1. The van der Waals surface area contributed by atoms with Crippen molar-refractivity contribution < 1.29 is 9.90 Å². The molecule has 3 heterocycles. The van der Waals surface area contributed by atoms with E-state index in [1.807, 2.05) is 36.4 Å². The molecule has 0 bridgehead atoms. The first-order valence-electron chi connectivity index (χ1n) is 12.0. The van der Waals surface area contributed by atoms with Crippen LogP contribution in [0.1, 0.15) is 49.8 Å². The van der Waals surface area contributed by atoms with Gasteiger partial charge in [0.15, 0.2) is 0 Å². The van der Waals surface area contributed by atoms with Gasteiger partial charge < -0.3 is 20.6 Å². The van der Waals surface area contributed by atoms with Crippen LogP contribution in [0.5, 0.6) is 0 Å². The van der Waals surface area contributed by atoms with E-state index in [9.17, 15) is 4.79 Å². The number of likely N-dealkylation sites (tertiary alicyclic amines) is 1. The van der Waals surface area contributed by atoms with Gasteiger partial charge >= 0.3 is 5.97 Å². The number of carboxylic acid groups (broad SMARTS) is 1. The predicted molar refractivity (Wildman–Crippen MR) is 132 cm³/mol. The maximum absolute atomic E-state index is 9.72. The van der Waals surface area contributed by atoms with Crippen LogP contribution in [0, 0.1) is 0 Å². The molecular weight excluding hydrogens is 400 g/mol. The summed E-state index contributed by atoms with van der Waals surface area (Å²) in [5, 5.41) is 14.1. The van der Waals surface area contributed by atoms with E-state index in [0.29, 0.717) is 6.54 Å². The number of nitrogens with one attached hydrogen (secondary N) is 2. The summed E-state index contributed by atoms with van der Waals surface area (Å²) >= 11 is 0. The molecule has 0 spiro atoms. The summed E-state index contributed by atoms with van der Waals surface area (Å²) < 4.78 is 0. The van der Waals surface area contributed by atoms with E-state index < -0.39 is 5.97 Å². The van der Waals surface area contributed by atoms with E-state index in [1.165, 1.54) is 69.4 Å². The zero-order valence-electron chi connectivity index (χ0n) is 19.6. The Morgan fingerprint density at radius 2 is 1.75 bits per heavy atom. The number of aryl methyl sites for hydroxylation is 2. The first-order valence-corrected chi connectivity index (χ1v) is 12.0. The largest absolute Gasteiger partial charge is 0.481 e. The molecule has 3 N–H and O–H groups in total. The van der Waals surface area contributed by atoms with E-state index in [4.69, 9.17) is 10.1 Å². The lowest BCUT2D eigenvalue weighted by molar-refractivity contribution is -0.136. The maximum atomic E-state index is 9.72. The number of hydrogen-bond acceptors (Lipinski definition) is 5. The van der Waals surface area contributed by atoms with E-state index in [2.05, 4.69) is 27.7 Å². The highest BCUT2D eigenvalue weighted by Gasteiger charge is 2.12. The zero-order chi connectivity index (χ0) is 22.9. The highest BCUT2D eigenvalue weighted by Crippen LogP contribution is 2.20. The van der Waals surface area contributed by atoms with Crippen molar-refractivity contribution in [1.29, 1.82) is 0 Å². The maximum Gasteiger partial charge on any atom is 0.304 e. The third-order valence-corrected chi connectivity index (χ3v) is 5.56. The van der Waals surface area contributed by atoms with Gasteiger partial charge in [-0.05, 0) is 76.8 Å². The number of carboxylic acids is 1. The van der Waals surface area contributed by atoms with Crippen LogP contribution in [0.15, 0.2) is 48.5 Å². The van der Waals surface area contributed by atoms with Crippen LogP contribution in [0.3, 0.4) is 0 Å². The van der Waals surface area contributed by atoms with Crippen molar-refractivity contribution >= 4 is 11.8 Å². The van der Waals surface area contributed by atoms with Crippen LogP contribution in [-0.2, 0) is 17.6 Å². The molecule has 1 aromatic carbocycles. The van der Waals surface area contributed by atoms with Gasteiger partial charge in [0.2, 0.25) is 0 Å². The molecule has 0 amide bonds. The van der Waals surface area contributed by atoms with E-state index in [-0.39, 0.29) is 6.42 Å². The Morgan fingerprint density at radius 1 is 1.06 bits per heavy atom. The number of piperidine rings is 1. The highest BCUT2D eigenvalue weighted by molar-refractivity contribution is 5.66. The van der Waals surface area contributed by atoms with Crippen molar-refractivity contribution in [2.24, 2.45) is 0 Å². The molecule has 2 aromatic rings. The Hall–Kier alpha value is -2.44. The Morgan fingerprint density at radius 3 is 2.34 bits per heavy atom. The van der Waals surface area contributed by atoms with Crippen molar-refractivity contribution in [2.45, 2.75) is 51.4 Å². The normalized spacial score (nSPS) is 15.2. The summed E-state index contributed by atoms with van der Waals surface area (Å²) in [5.41, 5.74) is 2.65. The minimum Gasteiger partial charge on any atom is -0.481 e. The molecule has 1 aromatic heterocycles. The van der Waals surface area contributed by atoms with E-state index in [1.54, 1.807) is 7.05 Å². The average molecular weight is 441 g/mol. The van der Waals surface area contributed by atoms with Gasteiger partial charge in [0.25, 0.3) is 0 Å². The van der Waals surface area contributed by atoms with Crippen LogP contribution in [0.4, 0.5) is 5.82 Å². The van der Waals surface area contributed by atoms with Gasteiger partial charge in [-0.2, -0.15) is 0 Å². The molecule has 0 atom stereocenters. The first kappa shape index (κ1) is 25.8. The summed E-state index contributed by atoms with van der Waals surface area (Å²) in [7, 11) is 1.73. The second-order valence-corrected chi connectivity index (χ2v) is 8.25. The van der Waals surface area contributed by atoms with Gasteiger partial charge in [-0.25, -0.2) is 4.98 Å². The number of carbonyl (C=O) groups is 1. The number of rotatable bonds is 7. The fraction of sp³-hybridized carbons (Fsp3) is 0.538. The van der Waals surface area contributed by atoms with Crippen molar-refractivity contribution in [2.75, 3.05) is 45.1 Å². The number of anilines is 1. The summed E-state index contributed by atoms with van der Waals surface area (Å²) in [6.07, 6.45) is 9.19. The molecule has 0 radical (unpaired) electrons. The molecule has 2 aliphatic heterocycles. The lowest BCUT2D eigenvalue weighted by Gasteiger charge is -2.26. The Kier molecular flexibility index (Phi) is 13.1. The third kappa shape index (κ3) is 11.3. The van der Waals surface area contributed by atoms with E-state index in [0.717, 1.165) is 18.8 Å². The van der Waals surface area contributed by atoms with Crippen LogP contribution < -0.4 is 10.6 Å². The lowest BCUT2D eigenvalue weighted by Crippen LogP contribution is -2.30. The molecular formula is C26H40N4O2. The van der Waals surface area contributed by atoms with Gasteiger partial charge in [-0.15, -0.1) is 0 Å². The van der Waals surface area contributed by atoms with Gasteiger partial charge in [-0.3, -0.25) is 4.79 Å². The second kappa shape index (κ2) is 16.2. The highest BCUT2D eigenvalue weighted by atomic mass is 16.4. The van der Waals surface area contributed by atoms with Crippen molar-refractivity contribution in [3.05, 3.63) is 59.8 Å². The Bertz CT molecular complexity index is 722. The molecule has 0 aliphatic carbocycles. The van der Waals surface area contributed by atoms with Gasteiger partial charge in [-0.1, -0.05) is 48.9 Å². The fourth-order valence-corrected chi connectivity index (χ4v) is 3.79. The molecule has 6 heteroatoms. The summed E-state index contributed by atoms with van der Waals surface area (Å²) in [4.78, 5) is 17.1. The van der Waals surface area contributed by atoms with Gasteiger partial charge in [0, 0.05) is 18.8 Å². The predicted octanol–water partition coefficient (Wildman–Crippen LogP) is 4.23. The van der Waals surface area contributed by atoms with Crippen molar-refractivity contribution in [3.63, 3.8) is 0 Å². The average Bonchev–Trinajstić information content (AvgIpc) is 2.85. The number of hydrogen-bond donors (Lipinski definition) is 3. The van der Waals surface area contributed by atoms with Crippen LogP contribution in [0.2, 0.25) is 0 Å². The smallest absolute Gasteiger partial charge is 0.304 e. The second-order valence-electron chi connectivity index (χ2n) is 8.25. The zero-order valence-corrected chi connectivity index (χ0v) is 19.6. The standard InChI is InChI=1S/C16H25N3.C6H6.C4H9NO2/c1-2-11-19(12-3-1)13-5-7-15-9-8-14-6-4-10-17-16(14)18-15;1-2-4-6-5-3-1;1-5-3-2-4(6)7/h8-9H,1-7,10-13H2,(H,17,18);1-6H;5H,2-3H2,1H3,(H,6,7). The summed E-state index contributed by atoms with van der Waals surface area (Å²) in [6, 6.07) is 16.5. The molecule has 0 unspecified atom stereocenters. The third-order valence-electron chi connectivity index (χ3n) is 5.56. The van der Waals surface area contributed by atoms with Crippen LogP contribution in [-0.4, -0.2) is 60.7 Å². The Balaban J connectivity index is 0.000000229. The number of benzene rings is 1. The fourth-order valence-electron chi connectivity index (χ4n) is 3.79. The molecule has 2 aliphatic rings. The molecule has 4 rings (SSSR count). The lowest BCUT2D eigenvalue weighted by atomic mass is 10.1. The van der Waals surface area contributed by atoms with Crippen molar-refractivity contribution in [3.8, 4) is 0 Å². The van der Waals surface area contributed by atoms with Crippen LogP contribution >= 0.6 is 0 Å². The van der Waals surface area contributed by atoms with Crippen molar-refractivity contribution in [1.82, 2.24) is 15.2 Å². The van der Waals surface area contributed by atoms with Crippen LogP contribution in [0.25, 0.3) is 0 Å². The molecule has 1 fully saturated rings. The summed E-state index contributed by atoms with van der Waals surface area (Å²) in [5.74, 6) is 0.385. The molecule has 1 saturated heterocycles. The SMILES string of the molecule is CNCCC(=O)O.c1cc2c(nc1CCCN1CCCCC1)NCCC2.c1ccccc1. The van der Waals surface area contributed by atoms with Gasteiger partial charge in [0.1, 0.15) is 5.82 Å². The molecule has 176 valence electrons. The minimum atomic E-state index is -0.755.